The van der Waals surface area contributed by atoms with E-state index in [1.807, 2.05) is 12.2 Å². The van der Waals surface area contributed by atoms with Crippen LogP contribution in [0.25, 0.3) is 0 Å². The molecule has 1 N–H and O–H groups in total. The summed E-state index contributed by atoms with van der Waals surface area (Å²) in [6.07, 6.45) is -0.982. The lowest BCUT2D eigenvalue weighted by Crippen LogP contribution is -2.27. The molecule has 0 aliphatic rings. The summed E-state index contributed by atoms with van der Waals surface area (Å²) in [7, 11) is -2.93. The quantitative estimate of drug-likeness (QED) is 0.928. The smallest absolute Gasteiger partial charge is 0.411 e. The number of carbonyl (C=O) groups excluding carboxylic acids is 1. The number of nitrogens with one attached hydrogen (secondary N) is 1. The van der Waals surface area contributed by atoms with Crippen LogP contribution < -0.4 is 5.32 Å². The van der Waals surface area contributed by atoms with Crippen LogP contribution in [0.3, 0.4) is 0 Å². The zero-order valence-electron chi connectivity index (χ0n) is 10.1. The molecule has 1 amide bonds. The molecular formula is C11H11Cl2NO4S. The van der Waals surface area contributed by atoms with Crippen molar-refractivity contribution in [3.8, 4) is 0 Å². The summed E-state index contributed by atoms with van der Waals surface area (Å²) < 4.78 is 28.2. The maximum Gasteiger partial charge on any atom is 0.411 e. The monoisotopic (exact) mass is 323 g/mol. The third-order valence-electron chi connectivity index (χ3n) is 2.17. The fourth-order valence-corrected chi connectivity index (χ4v) is 3.05. The van der Waals surface area contributed by atoms with Gasteiger partial charge in [-0.3, -0.25) is 5.32 Å². The van der Waals surface area contributed by atoms with E-state index in [1.54, 1.807) is 12.1 Å². The number of hydrogen-bond donors (Lipinski definition) is 1. The molecule has 1 rings (SSSR count). The van der Waals surface area contributed by atoms with Crippen LogP contribution >= 0.6 is 23.2 Å². The van der Waals surface area contributed by atoms with Crippen molar-refractivity contribution in [3.63, 3.8) is 0 Å². The average molecular weight is 324 g/mol. The van der Waals surface area contributed by atoms with Gasteiger partial charge < -0.3 is 4.74 Å². The minimum Gasteiger partial charge on any atom is -0.453 e. The first-order valence-corrected chi connectivity index (χ1v) is 7.25. The number of hydrogen-bond acceptors (Lipinski definition) is 4. The van der Waals surface area contributed by atoms with Gasteiger partial charge in [-0.1, -0.05) is 40.9 Å². The standard InChI is InChI=1S/C11H11Cl2NO4S/c1-7-3-5-8(6-4-7)19(16,17)10(9(12)13)14-11(15)18-2/h3-6H,1-2H3,(H,14,15). The van der Waals surface area contributed by atoms with Crippen LogP contribution in [-0.2, 0) is 14.6 Å². The zero-order chi connectivity index (χ0) is 14.6. The number of alkyl carbamates (subject to hydrolysis) is 1. The van der Waals surface area contributed by atoms with Gasteiger partial charge in [0, 0.05) is 0 Å². The number of rotatable bonds is 3. The molecule has 8 heteroatoms. The molecule has 0 aliphatic heterocycles. The largest absolute Gasteiger partial charge is 0.453 e. The summed E-state index contributed by atoms with van der Waals surface area (Å²) in [5.74, 6) is 0. The van der Waals surface area contributed by atoms with E-state index in [2.05, 4.69) is 4.74 Å². The third kappa shape index (κ3) is 3.86. The molecule has 0 spiro atoms. The van der Waals surface area contributed by atoms with Crippen molar-refractivity contribution in [2.45, 2.75) is 11.8 Å². The van der Waals surface area contributed by atoms with Crippen LogP contribution in [0.4, 0.5) is 4.79 Å². The molecule has 0 saturated heterocycles. The fourth-order valence-electron chi connectivity index (χ4n) is 1.19. The Kier molecular flexibility index (Phi) is 5.22. The van der Waals surface area contributed by atoms with Crippen LogP contribution in [0, 0.1) is 6.92 Å². The molecule has 0 heterocycles. The first-order valence-electron chi connectivity index (χ1n) is 5.01. The lowest BCUT2D eigenvalue weighted by atomic mass is 10.2. The second-order valence-electron chi connectivity index (χ2n) is 3.52. The van der Waals surface area contributed by atoms with Gasteiger partial charge >= 0.3 is 6.09 Å². The first kappa shape index (κ1) is 15.8. The number of carbonyl (C=O) groups is 1. The highest BCUT2D eigenvalue weighted by Crippen LogP contribution is 2.24. The van der Waals surface area contributed by atoms with Crippen LogP contribution in [-0.4, -0.2) is 21.6 Å². The van der Waals surface area contributed by atoms with E-state index < -0.39 is 25.5 Å². The van der Waals surface area contributed by atoms with E-state index >= 15 is 0 Å². The molecule has 0 unspecified atom stereocenters. The predicted octanol–water partition coefficient (Wildman–Crippen LogP) is 2.73. The summed E-state index contributed by atoms with van der Waals surface area (Å²) in [5, 5.41) is 1.37. The lowest BCUT2D eigenvalue weighted by Gasteiger charge is -2.10. The van der Waals surface area contributed by atoms with Gasteiger partial charge in [-0.05, 0) is 19.1 Å². The SMILES string of the molecule is COC(=O)NC(=C(Cl)Cl)S(=O)(=O)c1ccc(C)cc1. The molecular weight excluding hydrogens is 313 g/mol. The Labute approximate surface area is 121 Å². The number of halogens is 2. The van der Waals surface area contributed by atoms with Crippen molar-refractivity contribution >= 4 is 39.1 Å². The highest BCUT2D eigenvalue weighted by molar-refractivity contribution is 7.95. The molecule has 19 heavy (non-hydrogen) atoms. The van der Waals surface area contributed by atoms with Crippen molar-refractivity contribution in [2.75, 3.05) is 7.11 Å². The van der Waals surface area contributed by atoms with E-state index in [1.165, 1.54) is 12.1 Å². The number of aryl methyl sites for hydroxylation is 1. The van der Waals surface area contributed by atoms with Gasteiger partial charge in [0.05, 0.1) is 12.0 Å². The van der Waals surface area contributed by atoms with Crippen LogP contribution in [0.2, 0.25) is 0 Å². The molecule has 5 nitrogen and oxygen atoms in total. The van der Waals surface area contributed by atoms with Gasteiger partial charge in [0.2, 0.25) is 9.84 Å². The number of ether oxygens (including phenoxy) is 1. The Morgan fingerprint density at radius 3 is 2.16 bits per heavy atom. The highest BCUT2D eigenvalue weighted by atomic mass is 35.5. The average Bonchev–Trinajstić information content (AvgIpc) is 2.35. The van der Waals surface area contributed by atoms with Gasteiger partial charge in [0.25, 0.3) is 0 Å². The first-order chi connectivity index (χ1) is 8.78. The van der Waals surface area contributed by atoms with Gasteiger partial charge in [0.15, 0.2) is 5.03 Å². The normalized spacial score (nSPS) is 10.7. The molecule has 104 valence electrons. The van der Waals surface area contributed by atoms with Crippen molar-refractivity contribution in [2.24, 2.45) is 0 Å². The van der Waals surface area contributed by atoms with Gasteiger partial charge in [-0.2, -0.15) is 0 Å². The second kappa shape index (κ2) is 6.27. The van der Waals surface area contributed by atoms with E-state index in [0.29, 0.717) is 0 Å². The van der Waals surface area contributed by atoms with E-state index in [0.717, 1.165) is 12.7 Å². The van der Waals surface area contributed by atoms with Crippen molar-refractivity contribution in [3.05, 3.63) is 39.3 Å². The molecule has 1 aromatic carbocycles. The minimum atomic E-state index is -4.02. The predicted molar refractivity (Wildman–Crippen MR) is 72.6 cm³/mol. The van der Waals surface area contributed by atoms with Crippen molar-refractivity contribution in [1.29, 1.82) is 0 Å². The summed E-state index contributed by atoms with van der Waals surface area (Å²) >= 11 is 11.0. The highest BCUT2D eigenvalue weighted by Gasteiger charge is 2.25. The molecule has 1 aromatic rings. The Morgan fingerprint density at radius 2 is 1.74 bits per heavy atom. The fraction of sp³-hybridized carbons (Fsp3) is 0.182. The van der Waals surface area contributed by atoms with E-state index in [-0.39, 0.29) is 4.90 Å². The maximum absolute atomic E-state index is 12.2. The summed E-state index contributed by atoms with van der Waals surface area (Å²) in [5.41, 5.74) is 0.891. The van der Waals surface area contributed by atoms with Gasteiger partial charge in [-0.25, -0.2) is 13.2 Å². The molecule has 0 aromatic heterocycles. The molecule has 0 radical (unpaired) electrons. The third-order valence-corrected chi connectivity index (χ3v) is 4.51. The van der Waals surface area contributed by atoms with Crippen molar-refractivity contribution < 1.29 is 17.9 Å². The summed E-state index contributed by atoms with van der Waals surface area (Å²) in [6.45, 7) is 1.81. The van der Waals surface area contributed by atoms with Crippen LogP contribution in [0.1, 0.15) is 5.56 Å². The Hall–Kier alpha value is -1.24. The topological polar surface area (TPSA) is 72.5 Å². The van der Waals surface area contributed by atoms with Crippen molar-refractivity contribution in [1.82, 2.24) is 5.32 Å². The maximum atomic E-state index is 12.2. The van der Waals surface area contributed by atoms with Crippen LogP contribution in [0.5, 0.6) is 0 Å². The summed E-state index contributed by atoms with van der Waals surface area (Å²) in [6, 6.07) is 6.01. The second-order valence-corrected chi connectivity index (χ2v) is 6.36. The molecule has 0 fully saturated rings. The van der Waals surface area contributed by atoms with Crippen LogP contribution in [0.15, 0.2) is 38.7 Å². The molecule has 0 atom stereocenters. The number of methoxy groups -OCH3 is 1. The number of benzene rings is 1. The number of sulfone groups is 1. The van der Waals surface area contributed by atoms with E-state index in [4.69, 9.17) is 23.2 Å². The summed E-state index contributed by atoms with van der Waals surface area (Å²) in [4.78, 5) is 11.1. The molecule has 0 saturated carbocycles. The zero-order valence-corrected chi connectivity index (χ0v) is 12.4. The molecule has 0 bridgehead atoms. The molecule has 0 aliphatic carbocycles. The minimum absolute atomic E-state index is 0.0386. The Morgan fingerprint density at radius 1 is 1.21 bits per heavy atom. The van der Waals surface area contributed by atoms with Gasteiger partial charge in [0.1, 0.15) is 4.49 Å². The van der Waals surface area contributed by atoms with Gasteiger partial charge in [-0.15, -0.1) is 0 Å². The Balaban J connectivity index is 3.26. The Bertz CT molecular complexity index is 604. The lowest BCUT2D eigenvalue weighted by molar-refractivity contribution is 0.174. The number of amides is 1. The van der Waals surface area contributed by atoms with E-state index in [9.17, 15) is 13.2 Å².